The number of benzene rings is 1. The molecule has 2 aromatic rings. The van der Waals surface area contributed by atoms with Gasteiger partial charge in [-0.3, -0.25) is 4.79 Å². The number of carbonyl (C=O) groups is 2. The summed E-state index contributed by atoms with van der Waals surface area (Å²) in [7, 11) is 0. The van der Waals surface area contributed by atoms with E-state index in [1.54, 1.807) is 12.5 Å². The van der Waals surface area contributed by atoms with E-state index in [9.17, 15) is 9.59 Å². The molecule has 0 aliphatic carbocycles. The van der Waals surface area contributed by atoms with Crippen molar-refractivity contribution in [1.29, 1.82) is 0 Å². The van der Waals surface area contributed by atoms with Crippen LogP contribution in [0.1, 0.15) is 37.1 Å². The summed E-state index contributed by atoms with van der Waals surface area (Å²) >= 11 is 0. The molecule has 1 aromatic carbocycles. The van der Waals surface area contributed by atoms with Crippen LogP contribution < -0.4 is 5.32 Å². The van der Waals surface area contributed by atoms with Crippen molar-refractivity contribution in [2.75, 3.05) is 0 Å². The van der Waals surface area contributed by atoms with Gasteiger partial charge in [0, 0.05) is 6.54 Å². The molecular formula is C17H21N3O4. The molecule has 1 aromatic heterocycles. The van der Waals surface area contributed by atoms with Gasteiger partial charge in [0.05, 0.1) is 30.7 Å². The van der Waals surface area contributed by atoms with Gasteiger partial charge in [0.2, 0.25) is 0 Å². The fourth-order valence-electron chi connectivity index (χ4n) is 2.36. The van der Waals surface area contributed by atoms with Gasteiger partial charge in [-0.05, 0) is 12.0 Å². The van der Waals surface area contributed by atoms with Gasteiger partial charge in [0.1, 0.15) is 6.61 Å². The highest BCUT2D eigenvalue weighted by Crippen LogP contribution is 2.17. The molecular weight excluding hydrogens is 310 g/mol. The molecule has 0 radical (unpaired) electrons. The lowest BCUT2D eigenvalue weighted by Gasteiger charge is -2.18. The summed E-state index contributed by atoms with van der Waals surface area (Å²) in [4.78, 5) is 27.2. The number of carboxylic acid groups (broad SMARTS) is 1. The Labute approximate surface area is 140 Å². The van der Waals surface area contributed by atoms with Gasteiger partial charge in [0.25, 0.3) is 0 Å². The number of rotatable bonds is 8. The summed E-state index contributed by atoms with van der Waals surface area (Å²) in [5.74, 6) is -1.01. The molecule has 0 aliphatic heterocycles. The number of hydrogen-bond donors (Lipinski definition) is 2. The largest absolute Gasteiger partial charge is 0.481 e. The summed E-state index contributed by atoms with van der Waals surface area (Å²) in [5.41, 5.74) is 1.51. The van der Waals surface area contributed by atoms with Crippen LogP contribution in [0.4, 0.5) is 4.79 Å². The quantitative estimate of drug-likeness (QED) is 0.776. The first kappa shape index (κ1) is 17.5. The van der Waals surface area contributed by atoms with Crippen molar-refractivity contribution in [3.8, 4) is 0 Å². The van der Waals surface area contributed by atoms with Crippen molar-refractivity contribution in [2.24, 2.45) is 0 Å². The molecule has 0 saturated heterocycles. The first-order valence-electron chi connectivity index (χ1n) is 7.79. The predicted molar refractivity (Wildman–Crippen MR) is 87.3 cm³/mol. The Kier molecular flexibility index (Phi) is 6.36. The lowest BCUT2D eigenvalue weighted by Crippen LogP contribution is -2.32. The van der Waals surface area contributed by atoms with Crippen LogP contribution in [-0.2, 0) is 22.7 Å². The van der Waals surface area contributed by atoms with Crippen molar-refractivity contribution in [3.63, 3.8) is 0 Å². The Morgan fingerprint density at radius 2 is 2.08 bits per heavy atom. The minimum absolute atomic E-state index is 0.126. The van der Waals surface area contributed by atoms with E-state index in [-0.39, 0.29) is 13.0 Å². The summed E-state index contributed by atoms with van der Waals surface area (Å²) in [5, 5.41) is 11.7. The van der Waals surface area contributed by atoms with E-state index >= 15 is 0 Å². The van der Waals surface area contributed by atoms with Gasteiger partial charge < -0.3 is 19.7 Å². The van der Waals surface area contributed by atoms with Crippen LogP contribution in [0.25, 0.3) is 0 Å². The number of nitrogens with one attached hydrogen (secondary N) is 1. The maximum atomic E-state index is 12.0. The average Bonchev–Trinajstić information content (AvgIpc) is 3.01. The van der Waals surface area contributed by atoms with E-state index in [4.69, 9.17) is 9.84 Å². The second-order valence-electron chi connectivity index (χ2n) is 5.37. The predicted octanol–water partition coefficient (Wildman–Crippen LogP) is 2.74. The number of aryl methyl sites for hydroxylation is 1. The molecule has 24 heavy (non-hydrogen) atoms. The molecule has 0 spiro atoms. The van der Waals surface area contributed by atoms with Gasteiger partial charge in [-0.25, -0.2) is 9.78 Å². The molecule has 0 aliphatic rings. The van der Waals surface area contributed by atoms with Crippen molar-refractivity contribution in [1.82, 2.24) is 14.9 Å². The van der Waals surface area contributed by atoms with Gasteiger partial charge in [-0.15, -0.1) is 0 Å². The van der Waals surface area contributed by atoms with E-state index in [0.717, 1.165) is 12.0 Å². The van der Waals surface area contributed by atoms with Crippen molar-refractivity contribution < 1.29 is 19.4 Å². The Bertz CT molecular complexity index is 669. The summed E-state index contributed by atoms with van der Waals surface area (Å²) < 4.78 is 7.00. The Balaban J connectivity index is 2.01. The van der Waals surface area contributed by atoms with Crippen molar-refractivity contribution in [3.05, 3.63) is 54.1 Å². The molecule has 7 heteroatoms. The third-order valence-corrected chi connectivity index (χ3v) is 3.45. The number of amides is 1. The van der Waals surface area contributed by atoms with Crippen LogP contribution in [0, 0.1) is 0 Å². The molecule has 0 saturated carbocycles. The molecule has 1 amide bonds. The average molecular weight is 331 g/mol. The number of carboxylic acids is 1. The fourth-order valence-corrected chi connectivity index (χ4v) is 2.36. The highest BCUT2D eigenvalue weighted by atomic mass is 16.5. The zero-order valence-electron chi connectivity index (χ0n) is 13.5. The summed E-state index contributed by atoms with van der Waals surface area (Å²) in [6.45, 7) is 2.84. The van der Waals surface area contributed by atoms with Crippen molar-refractivity contribution in [2.45, 2.75) is 39.0 Å². The Hall–Kier alpha value is -2.83. The smallest absolute Gasteiger partial charge is 0.408 e. The minimum Gasteiger partial charge on any atom is -0.481 e. The van der Waals surface area contributed by atoms with Crippen LogP contribution in [0.3, 0.4) is 0 Å². The monoisotopic (exact) mass is 331 g/mol. The molecule has 0 fully saturated rings. The van der Waals surface area contributed by atoms with E-state index in [2.05, 4.69) is 10.3 Å². The van der Waals surface area contributed by atoms with E-state index in [0.29, 0.717) is 12.2 Å². The topological polar surface area (TPSA) is 93.5 Å². The van der Waals surface area contributed by atoms with Crippen LogP contribution in [0.15, 0.2) is 42.9 Å². The lowest BCUT2D eigenvalue weighted by molar-refractivity contribution is -0.137. The molecule has 7 nitrogen and oxygen atoms in total. The normalized spacial score (nSPS) is 11.7. The Morgan fingerprint density at radius 3 is 2.75 bits per heavy atom. The number of aromatic nitrogens is 2. The van der Waals surface area contributed by atoms with E-state index in [1.807, 2.05) is 41.8 Å². The first-order chi connectivity index (χ1) is 11.6. The SMILES string of the molecule is CCCn1cncc1C(CC(=O)O)NC(=O)OCc1ccccc1. The van der Waals surface area contributed by atoms with Crippen LogP contribution in [0.5, 0.6) is 0 Å². The molecule has 2 rings (SSSR count). The van der Waals surface area contributed by atoms with E-state index < -0.39 is 18.1 Å². The lowest BCUT2D eigenvalue weighted by atomic mass is 10.1. The highest BCUT2D eigenvalue weighted by molar-refractivity contribution is 5.71. The van der Waals surface area contributed by atoms with Crippen molar-refractivity contribution >= 4 is 12.1 Å². The summed E-state index contributed by atoms with van der Waals surface area (Å²) in [6.07, 6.45) is 3.18. The molecule has 128 valence electrons. The standard InChI is InChI=1S/C17H21N3O4/c1-2-8-20-12-18-10-15(20)14(9-16(21)22)19-17(23)24-11-13-6-4-3-5-7-13/h3-7,10,12,14H,2,8-9,11H2,1H3,(H,19,23)(H,21,22). The fraction of sp³-hybridized carbons (Fsp3) is 0.353. The maximum absolute atomic E-state index is 12.0. The highest BCUT2D eigenvalue weighted by Gasteiger charge is 2.22. The van der Waals surface area contributed by atoms with Gasteiger partial charge >= 0.3 is 12.1 Å². The number of hydrogen-bond acceptors (Lipinski definition) is 4. The minimum atomic E-state index is -1.01. The molecule has 2 N–H and O–H groups in total. The second kappa shape index (κ2) is 8.71. The number of nitrogens with zero attached hydrogens (tertiary/aromatic N) is 2. The summed E-state index contributed by atoms with van der Waals surface area (Å²) in [6, 6.07) is 8.58. The van der Waals surface area contributed by atoms with Gasteiger partial charge in [-0.1, -0.05) is 37.3 Å². The third kappa shape index (κ3) is 5.12. The number of ether oxygens (including phenoxy) is 1. The molecule has 1 unspecified atom stereocenters. The first-order valence-corrected chi connectivity index (χ1v) is 7.79. The maximum Gasteiger partial charge on any atom is 0.408 e. The van der Waals surface area contributed by atoms with Crippen LogP contribution in [0.2, 0.25) is 0 Å². The van der Waals surface area contributed by atoms with Gasteiger partial charge in [-0.2, -0.15) is 0 Å². The third-order valence-electron chi connectivity index (χ3n) is 3.45. The number of aliphatic carboxylic acids is 1. The Morgan fingerprint density at radius 1 is 1.33 bits per heavy atom. The zero-order valence-corrected chi connectivity index (χ0v) is 13.5. The van der Waals surface area contributed by atoms with E-state index in [1.165, 1.54) is 0 Å². The zero-order chi connectivity index (χ0) is 17.4. The number of carbonyl (C=O) groups excluding carboxylic acids is 1. The molecule has 1 atom stereocenters. The molecule has 1 heterocycles. The van der Waals surface area contributed by atoms with Gasteiger partial charge in [0.15, 0.2) is 0 Å². The molecule has 0 bridgehead atoms. The van der Waals surface area contributed by atoms with Crippen LogP contribution in [-0.4, -0.2) is 26.7 Å². The second-order valence-corrected chi connectivity index (χ2v) is 5.37. The van der Waals surface area contributed by atoms with Crippen LogP contribution >= 0.6 is 0 Å². The number of imidazole rings is 1. The number of alkyl carbamates (subject to hydrolysis) is 1.